The first-order valence-electron chi connectivity index (χ1n) is 12.4. The van der Waals surface area contributed by atoms with Crippen LogP contribution in [0, 0.1) is 6.92 Å². The molecule has 1 saturated heterocycles. The van der Waals surface area contributed by atoms with Gasteiger partial charge in [-0.3, -0.25) is 9.55 Å². The van der Waals surface area contributed by atoms with Crippen LogP contribution in [0.1, 0.15) is 62.1 Å². The minimum absolute atomic E-state index is 0.0974. The van der Waals surface area contributed by atoms with E-state index in [-0.39, 0.29) is 29.6 Å². The normalized spacial score (nSPS) is 17.5. The average molecular weight is 547 g/mol. The van der Waals surface area contributed by atoms with Gasteiger partial charge in [-0.05, 0) is 45.7 Å². The van der Waals surface area contributed by atoms with Crippen molar-refractivity contribution in [3.8, 4) is 17.4 Å². The quantitative estimate of drug-likeness (QED) is 0.350. The number of aromatic nitrogens is 6. The second kappa shape index (κ2) is 11.7. The van der Waals surface area contributed by atoms with E-state index < -0.39 is 26.9 Å². The zero-order valence-corrected chi connectivity index (χ0v) is 23.3. The molecule has 4 rings (SSSR count). The highest BCUT2D eigenvalue weighted by Gasteiger charge is 2.37. The summed E-state index contributed by atoms with van der Waals surface area (Å²) in [5.74, 6) is 0.605. The molecule has 0 bridgehead atoms. The van der Waals surface area contributed by atoms with E-state index in [0.717, 1.165) is 5.56 Å². The van der Waals surface area contributed by atoms with Gasteiger partial charge in [0.15, 0.2) is 21.3 Å². The third-order valence-electron chi connectivity index (χ3n) is 6.38. The van der Waals surface area contributed by atoms with Crippen LogP contribution in [0.2, 0.25) is 0 Å². The Balaban J connectivity index is 1.78. The molecule has 3 aromatic rings. The summed E-state index contributed by atoms with van der Waals surface area (Å²) in [5.41, 5.74) is 1.85. The molecule has 0 aliphatic carbocycles. The van der Waals surface area contributed by atoms with Crippen LogP contribution in [0.4, 0.5) is 0 Å². The first-order chi connectivity index (χ1) is 18.2. The number of nitrogens with zero attached hydrogens (tertiary/aromatic N) is 6. The molecule has 0 saturated carbocycles. The van der Waals surface area contributed by atoms with E-state index in [1.165, 1.54) is 20.5 Å². The number of rotatable bonds is 11. The molecule has 1 aliphatic rings. The lowest BCUT2D eigenvalue weighted by Gasteiger charge is -2.26. The predicted molar refractivity (Wildman–Crippen MR) is 138 cm³/mol. The van der Waals surface area contributed by atoms with Crippen LogP contribution in [0.3, 0.4) is 0 Å². The van der Waals surface area contributed by atoms with Crippen LogP contribution in [-0.4, -0.2) is 76.9 Å². The molecule has 0 unspecified atom stereocenters. The van der Waals surface area contributed by atoms with Gasteiger partial charge in [-0.1, -0.05) is 6.07 Å². The Morgan fingerprint density at radius 3 is 2.34 bits per heavy atom. The van der Waals surface area contributed by atoms with Crippen molar-refractivity contribution in [1.82, 2.24) is 29.7 Å². The molecule has 4 heterocycles. The second-order valence-corrected chi connectivity index (χ2v) is 11.8. The van der Waals surface area contributed by atoms with Gasteiger partial charge in [-0.15, -0.1) is 10.2 Å². The lowest BCUT2D eigenvalue weighted by molar-refractivity contribution is 0.00404. The van der Waals surface area contributed by atoms with Crippen LogP contribution in [0.25, 0.3) is 5.69 Å². The van der Waals surface area contributed by atoms with Crippen molar-refractivity contribution in [2.75, 3.05) is 27.4 Å². The molecule has 0 spiro atoms. The summed E-state index contributed by atoms with van der Waals surface area (Å²) >= 11 is 0. The zero-order chi connectivity index (χ0) is 27.4. The van der Waals surface area contributed by atoms with Crippen LogP contribution in [0.5, 0.6) is 11.8 Å². The first-order valence-corrected chi connectivity index (χ1v) is 14.1. The van der Waals surface area contributed by atoms with Gasteiger partial charge >= 0.3 is 0 Å². The summed E-state index contributed by atoms with van der Waals surface area (Å²) < 4.78 is 52.0. The number of ether oxygens (including phenoxy) is 4. The minimum atomic E-state index is -3.84. The fourth-order valence-corrected chi connectivity index (χ4v) is 5.76. The maximum absolute atomic E-state index is 13.9. The van der Waals surface area contributed by atoms with E-state index in [4.69, 9.17) is 18.9 Å². The second-order valence-electron chi connectivity index (χ2n) is 9.49. The third-order valence-corrected chi connectivity index (χ3v) is 8.42. The van der Waals surface area contributed by atoms with Crippen molar-refractivity contribution in [3.63, 3.8) is 0 Å². The monoisotopic (exact) mass is 546 g/mol. The van der Waals surface area contributed by atoms with E-state index in [2.05, 4.69) is 25.1 Å². The van der Waals surface area contributed by atoms with Crippen molar-refractivity contribution < 1.29 is 27.4 Å². The van der Waals surface area contributed by atoms with Crippen molar-refractivity contribution in [2.24, 2.45) is 0 Å². The summed E-state index contributed by atoms with van der Waals surface area (Å²) in [5, 5.41) is 7.77. The third kappa shape index (κ3) is 5.79. The van der Waals surface area contributed by atoms with Crippen LogP contribution >= 0.6 is 0 Å². The van der Waals surface area contributed by atoms with E-state index in [1.54, 1.807) is 23.8 Å². The molecule has 0 N–H and O–H groups in total. The van der Waals surface area contributed by atoms with Gasteiger partial charge in [0.1, 0.15) is 24.0 Å². The van der Waals surface area contributed by atoms with Gasteiger partial charge in [0.25, 0.3) is 0 Å². The number of sulfone groups is 1. The number of hydrogen-bond acceptors (Lipinski definition) is 11. The topological polar surface area (TPSA) is 140 Å². The summed E-state index contributed by atoms with van der Waals surface area (Å²) in [7, 11) is -0.904. The number of hydrogen-bond donors (Lipinski definition) is 0. The Morgan fingerprint density at radius 2 is 1.79 bits per heavy atom. The highest BCUT2D eigenvalue weighted by atomic mass is 32.2. The van der Waals surface area contributed by atoms with Crippen molar-refractivity contribution in [1.29, 1.82) is 0 Å². The molecule has 0 aromatic carbocycles. The Kier molecular flexibility index (Phi) is 8.58. The van der Waals surface area contributed by atoms with Crippen molar-refractivity contribution in [2.45, 2.75) is 63.2 Å². The number of methoxy groups -OCH3 is 2. The summed E-state index contributed by atoms with van der Waals surface area (Å²) in [4.78, 5) is 12.9. The predicted octanol–water partition coefficient (Wildman–Crippen LogP) is 2.75. The highest BCUT2D eigenvalue weighted by molar-refractivity contribution is 7.91. The van der Waals surface area contributed by atoms with E-state index >= 15 is 0 Å². The first kappa shape index (κ1) is 27.9. The fraction of sp³-hybridized carbons (Fsp3) is 0.560. The molecule has 38 heavy (non-hydrogen) atoms. The number of pyridine rings is 1. The van der Waals surface area contributed by atoms with Gasteiger partial charge in [0, 0.05) is 18.7 Å². The SMILES string of the molecule is COc1ncnc(OC)c1-n1c(CS(=O)(=O)[C@@H](C)[C@@H](OC(C)C)c2ccc(C)cn2)nnc1[C@H]1CCOC1. The Labute approximate surface area is 222 Å². The summed E-state index contributed by atoms with van der Waals surface area (Å²) in [6.07, 6.45) is 2.73. The number of aryl methyl sites for hydroxylation is 1. The molecule has 12 nitrogen and oxygen atoms in total. The van der Waals surface area contributed by atoms with Crippen LogP contribution < -0.4 is 9.47 Å². The smallest absolute Gasteiger partial charge is 0.245 e. The van der Waals surface area contributed by atoms with Crippen LogP contribution in [0.15, 0.2) is 24.7 Å². The molecule has 3 aromatic heterocycles. The van der Waals surface area contributed by atoms with E-state index in [0.29, 0.717) is 36.8 Å². The Bertz CT molecular complexity index is 1320. The molecule has 1 fully saturated rings. The molecule has 3 atom stereocenters. The molecule has 206 valence electrons. The Hall–Kier alpha value is -3.16. The molecular weight excluding hydrogens is 512 g/mol. The lowest BCUT2D eigenvalue weighted by Crippen LogP contribution is -2.31. The molecule has 0 radical (unpaired) electrons. The molecular formula is C25H34N6O6S. The maximum atomic E-state index is 13.9. The lowest BCUT2D eigenvalue weighted by atomic mass is 10.1. The van der Waals surface area contributed by atoms with Crippen LogP contribution in [-0.2, 0) is 25.1 Å². The van der Waals surface area contributed by atoms with E-state index in [1.807, 2.05) is 26.8 Å². The summed E-state index contributed by atoms with van der Waals surface area (Å²) in [6, 6.07) is 3.69. The Morgan fingerprint density at radius 1 is 1.08 bits per heavy atom. The molecule has 13 heteroatoms. The van der Waals surface area contributed by atoms with Gasteiger partial charge < -0.3 is 18.9 Å². The van der Waals surface area contributed by atoms with Gasteiger partial charge in [-0.25, -0.2) is 8.42 Å². The van der Waals surface area contributed by atoms with E-state index in [9.17, 15) is 8.42 Å². The van der Waals surface area contributed by atoms with Gasteiger partial charge in [-0.2, -0.15) is 9.97 Å². The standard InChI is InChI=1S/C25H34N6O6S/c1-15(2)37-22(19-8-7-16(3)11-26-19)17(4)38(32,33)13-20-29-30-23(18-9-10-36-12-18)31(20)21-24(34-5)27-14-28-25(21)35-6/h7-8,11,14-15,17-18,22H,9-10,12-13H2,1-6H3/t17-,18-,22+/m0/s1. The molecule has 0 amide bonds. The molecule has 1 aliphatic heterocycles. The van der Waals surface area contributed by atoms with Crippen molar-refractivity contribution in [3.05, 3.63) is 47.6 Å². The zero-order valence-electron chi connectivity index (χ0n) is 22.5. The maximum Gasteiger partial charge on any atom is 0.245 e. The van der Waals surface area contributed by atoms with Gasteiger partial charge in [0.2, 0.25) is 11.8 Å². The van der Waals surface area contributed by atoms with Crippen molar-refractivity contribution >= 4 is 9.84 Å². The largest absolute Gasteiger partial charge is 0.479 e. The average Bonchev–Trinajstić information content (AvgIpc) is 3.56. The minimum Gasteiger partial charge on any atom is -0.479 e. The highest BCUT2D eigenvalue weighted by Crippen LogP contribution is 2.35. The summed E-state index contributed by atoms with van der Waals surface area (Å²) in [6.45, 7) is 8.28. The van der Waals surface area contributed by atoms with Gasteiger partial charge in [0.05, 0.1) is 37.9 Å². The fourth-order valence-electron chi connectivity index (χ4n) is 4.37.